The number of rotatable bonds is 5. The van der Waals surface area contributed by atoms with Crippen LogP contribution in [0.4, 0.5) is 4.39 Å². The van der Waals surface area contributed by atoms with Crippen molar-refractivity contribution in [2.75, 3.05) is 33.3 Å². The lowest BCUT2D eigenvalue weighted by Gasteiger charge is -2.17. The Bertz CT molecular complexity index is 484. The van der Waals surface area contributed by atoms with E-state index >= 15 is 0 Å². The second-order valence-electron chi connectivity index (χ2n) is 4.92. The molecular formula is C14H18BrFN2O2. The number of nitrogens with one attached hydrogen (secondary N) is 1. The van der Waals surface area contributed by atoms with Crippen LogP contribution in [0.25, 0.3) is 0 Å². The number of likely N-dealkylation sites (tertiary alicyclic amines) is 1. The van der Waals surface area contributed by atoms with Crippen LogP contribution < -0.4 is 10.1 Å². The summed E-state index contributed by atoms with van der Waals surface area (Å²) in [6.45, 7) is 2.28. The zero-order valence-corrected chi connectivity index (χ0v) is 13.0. The summed E-state index contributed by atoms with van der Waals surface area (Å²) in [6.07, 6.45) is 0.999. The molecule has 0 aliphatic carbocycles. The molecular weight excluding hydrogens is 327 g/mol. The van der Waals surface area contributed by atoms with Gasteiger partial charge >= 0.3 is 0 Å². The van der Waals surface area contributed by atoms with E-state index in [1.165, 1.54) is 12.1 Å². The van der Waals surface area contributed by atoms with Gasteiger partial charge in [0.2, 0.25) is 0 Å². The van der Waals surface area contributed by atoms with Crippen LogP contribution in [0, 0.1) is 11.7 Å². The maximum atomic E-state index is 13.6. The number of nitrogens with zero attached hydrogens (tertiary/aromatic N) is 1. The van der Waals surface area contributed by atoms with Gasteiger partial charge in [0, 0.05) is 17.6 Å². The van der Waals surface area contributed by atoms with E-state index in [0.717, 1.165) is 26.1 Å². The largest absolute Gasteiger partial charge is 0.481 e. The van der Waals surface area contributed by atoms with Crippen molar-refractivity contribution in [3.05, 3.63) is 28.5 Å². The van der Waals surface area contributed by atoms with Crippen LogP contribution in [0.1, 0.15) is 6.42 Å². The standard InChI is InChI=1S/C14H18BrFN2O2/c1-17-7-10-4-5-18(8-10)14(19)9-20-13-3-2-11(15)6-12(13)16/h2-3,6,10,17H,4-5,7-9H2,1H3. The van der Waals surface area contributed by atoms with E-state index in [1.807, 2.05) is 7.05 Å². The molecule has 1 amide bonds. The van der Waals surface area contributed by atoms with E-state index in [9.17, 15) is 9.18 Å². The van der Waals surface area contributed by atoms with Crippen molar-refractivity contribution < 1.29 is 13.9 Å². The van der Waals surface area contributed by atoms with Gasteiger partial charge in [-0.1, -0.05) is 15.9 Å². The number of hydrogen-bond acceptors (Lipinski definition) is 3. The first-order chi connectivity index (χ1) is 9.60. The predicted octanol–water partition coefficient (Wildman–Crippen LogP) is 2.03. The molecule has 6 heteroatoms. The second kappa shape index (κ2) is 7.04. The highest BCUT2D eigenvalue weighted by Crippen LogP contribution is 2.22. The van der Waals surface area contributed by atoms with E-state index in [0.29, 0.717) is 10.4 Å². The number of carbonyl (C=O) groups is 1. The van der Waals surface area contributed by atoms with E-state index in [2.05, 4.69) is 21.2 Å². The van der Waals surface area contributed by atoms with Gasteiger partial charge in [0.05, 0.1) is 0 Å². The maximum absolute atomic E-state index is 13.6. The molecule has 0 spiro atoms. The minimum atomic E-state index is -0.471. The topological polar surface area (TPSA) is 41.6 Å². The van der Waals surface area contributed by atoms with Crippen molar-refractivity contribution in [2.45, 2.75) is 6.42 Å². The van der Waals surface area contributed by atoms with Gasteiger partial charge in [-0.15, -0.1) is 0 Å². The number of halogens is 2. The smallest absolute Gasteiger partial charge is 0.260 e. The Morgan fingerprint density at radius 2 is 2.40 bits per heavy atom. The summed E-state index contributed by atoms with van der Waals surface area (Å²) in [4.78, 5) is 13.8. The molecule has 0 bridgehead atoms. The SMILES string of the molecule is CNCC1CCN(C(=O)COc2ccc(Br)cc2F)C1. The third-order valence-electron chi connectivity index (χ3n) is 3.38. The first-order valence-electron chi connectivity index (χ1n) is 6.60. The molecule has 0 aromatic heterocycles. The first kappa shape index (κ1) is 15.3. The Kier molecular flexibility index (Phi) is 5.37. The van der Waals surface area contributed by atoms with Crippen LogP contribution >= 0.6 is 15.9 Å². The Hall–Kier alpha value is -1.14. The molecule has 1 N–H and O–H groups in total. The fourth-order valence-electron chi connectivity index (χ4n) is 2.34. The van der Waals surface area contributed by atoms with Crippen LogP contribution in [-0.2, 0) is 4.79 Å². The molecule has 0 saturated carbocycles. The monoisotopic (exact) mass is 344 g/mol. The molecule has 1 aliphatic rings. The Labute approximate surface area is 126 Å². The average molecular weight is 345 g/mol. The number of amides is 1. The molecule has 4 nitrogen and oxygen atoms in total. The fourth-order valence-corrected chi connectivity index (χ4v) is 2.67. The molecule has 1 aliphatic heterocycles. The van der Waals surface area contributed by atoms with Crippen molar-refractivity contribution >= 4 is 21.8 Å². The number of ether oxygens (including phenoxy) is 1. The van der Waals surface area contributed by atoms with Crippen molar-refractivity contribution in [1.29, 1.82) is 0 Å². The summed E-state index contributed by atoms with van der Waals surface area (Å²) in [5, 5.41) is 3.12. The van der Waals surface area contributed by atoms with Gasteiger partial charge < -0.3 is 15.0 Å². The molecule has 1 aromatic carbocycles. The number of benzene rings is 1. The molecule has 2 rings (SSSR count). The van der Waals surface area contributed by atoms with E-state index < -0.39 is 5.82 Å². The quantitative estimate of drug-likeness (QED) is 0.888. The van der Waals surface area contributed by atoms with Gasteiger partial charge in [0.25, 0.3) is 5.91 Å². The van der Waals surface area contributed by atoms with Gasteiger partial charge in [-0.05, 0) is 44.1 Å². The van der Waals surface area contributed by atoms with E-state index in [4.69, 9.17) is 4.74 Å². The fraction of sp³-hybridized carbons (Fsp3) is 0.500. The van der Waals surface area contributed by atoms with Gasteiger partial charge in [-0.25, -0.2) is 4.39 Å². The number of hydrogen-bond donors (Lipinski definition) is 1. The zero-order valence-electron chi connectivity index (χ0n) is 11.4. The molecule has 1 heterocycles. The minimum absolute atomic E-state index is 0.0917. The highest BCUT2D eigenvalue weighted by Gasteiger charge is 2.25. The Morgan fingerprint density at radius 3 is 3.10 bits per heavy atom. The van der Waals surface area contributed by atoms with Gasteiger partial charge in [-0.3, -0.25) is 4.79 Å². The first-order valence-corrected chi connectivity index (χ1v) is 7.39. The van der Waals surface area contributed by atoms with Crippen LogP contribution in [0.5, 0.6) is 5.75 Å². The maximum Gasteiger partial charge on any atom is 0.260 e. The molecule has 0 radical (unpaired) electrons. The summed E-state index contributed by atoms with van der Waals surface area (Å²) < 4.78 is 19.5. The van der Waals surface area contributed by atoms with Crippen LogP contribution in [0.2, 0.25) is 0 Å². The average Bonchev–Trinajstić information content (AvgIpc) is 2.86. The summed E-state index contributed by atoms with van der Waals surface area (Å²) in [7, 11) is 1.91. The van der Waals surface area contributed by atoms with Crippen molar-refractivity contribution in [3.8, 4) is 5.75 Å². The van der Waals surface area contributed by atoms with Gasteiger partial charge in [0.15, 0.2) is 18.2 Å². The van der Waals surface area contributed by atoms with Gasteiger partial charge in [0.1, 0.15) is 0 Å². The van der Waals surface area contributed by atoms with Crippen molar-refractivity contribution in [1.82, 2.24) is 10.2 Å². The highest BCUT2D eigenvalue weighted by atomic mass is 79.9. The summed E-state index contributed by atoms with van der Waals surface area (Å²) in [5.74, 6) is 0.0356. The number of carbonyl (C=O) groups excluding carboxylic acids is 1. The Morgan fingerprint density at radius 1 is 1.60 bits per heavy atom. The lowest BCUT2D eigenvalue weighted by Crippen LogP contribution is -2.34. The van der Waals surface area contributed by atoms with Gasteiger partial charge in [-0.2, -0.15) is 0 Å². The summed E-state index contributed by atoms with van der Waals surface area (Å²) >= 11 is 3.17. The lowest BCUT2D eigenvalue weighted by molar-refractivity contribution is -0.132. The summed E-state index contributed by atoms with van der Waals surface area (Å²) in [5.41, 5.74) is 0. The molecule has 1 fully saturated rings. The summed E-state index contributed by atoms with van der Waals surface area (Å²) in [6, 6.07) is 4.51. The molecule has 20 heavy (non-hydrogen) atoms. The molecule has 1 aromatic rings. The predicted molar refractivity (Wildman–Crippen MR) is 78.2 cm³/mol. The van der Waals surface area contributed by atoms with Crippen molar-refractivity contribution in [2.24, 2.45) is 5.92 Å². The Balaban J connectivity index is 1.83. The lowest BCUT2D eigenvalue weighted by atomic mass is 10.1. The molecule has 1 atom stereocenters. The second-order valence-corrected chi connectivity index (χ2v) is 5.83. The third kappa shape index (κ3) is 3.93. The molecule has 1 unspecified atom stereocenters. The van der Waals surface area contributed by atoms with E-state index in [-0.39, 0.29) is 18.3 Å². The van der Waals surface area contributed by atoms with Crippen LogP contribution in [0.15, 0.2) is 22.7 Å². The van der Waals surface area contributed by atoms with Crippen molar-refractivity contribution in [3.63, 3.8) is 0 Å². The normalized spacial score (nSPS) is 18.4. The van der Waals surface area contributed by atoms with E-state index in [1.54, 1.807) is 11.0 Å². The molecule has 110 valence electrons. The van der Waals surface area contributed by atoms with Crippen LogP contribution in [-0.4, -0.2) is 44.1 Å². The third-order valence-corrected chi connectivity index (χ3v) is 3.87. The molecule has 1 saturated heterocycles. The van der Waals surface area contributed by atoms with Crippen LogP contribution in [0.3, 0.4) is 0 Å². The zero-order chi connectivity index (χ0) is 14.5. The highest BCUT2D eigenvalue weighted by molar-refractivity contribution is 9.10. The minimum Gasteiger partial charge on any atom is -0.481 e.